The largest absolute Gasteiger partial charge is 0.315 e. The summed E-state index contributed by atoms with van der Waals surface area (Å²) >= 11 is 7.74. The topological polar surface area (TPSA) is 79.0 Å². The number of thiazole rings is 1. The fraction of sp³-hybridized carbons (Fsp3) is 0.222. The predicted octanol–water partition coefficient (Wildman–Crippen LogP) is 1.94. The Morgan fingerprint density at radius 1 is 1.39 bits per heavy atom. The number of rotatable bonds is 4. The van der Waals surface area contributed by atoms with Crippen LogP contribution in [0.5, 0.6) is 0 Å². The van der Waals surface area contributed by atoms with E-state index in [-0.39, 0.29) is 15.6 Å². The van der Waals surface area contributed by atoms with Gasteiger partial charge in [0.2, 0.25) is 0 Å². The van der Waals surface area contributed by atoms with E-state index in [0.29, 0.717) is 21.4 Å². The highest BCUT2D eigenvalue weighted by Crippen LogP contribution is 2.22. The molecule has 2 rings (SSSR count). The second-order valence-corrected chi connectivity index (χ2v) is 8.20. The number of aryl methyl sites for hydroxylation is 1. The molecule has 2 aromatic heterocycles. The van der Waals surface area contributed by atoms with Gasteiger partial charge in [-0.1, -0.05) is 22.9 Å². The van der Waals surface area contributed by atoms with Crippen LogP contribution >= 0.6 is 34.3 Å². The molecule has 0 aromatic carbocycles. The van der Waals surface area contributed by atoms with Crippen molar-refractivity contribution in [1.82, 2.24) is 9.71 Å². The van der Waals surface area contributed by atoms with Crippen molar-refractivity contribution in [1.29, 1.82) is 0 Å². The summed E-state index contributed by atoms with van der Waals surface area (Å²) in [5.41, 5.74) is 0.349. The van der Waals surface area contributed by atoms with Crippen molar-refractivity contribution in [2.45, 2.75) is 17.7 Å². The molecule has 9 heteroatoms. The van der Waals surface area contributed by atoms with Gasteiger partial charge < -0.3 is 4.98 Å². The molecule has 0 atom stereocenters. The number of aromatic nitrogens is 1. The number of hydrogen-bond acceptors (Lipinski definition) is 5. The quantitative estimate of drug-likeness (QED) is 0.902. The van der Waals surface area contributed by atoms with Crippen LogP contribution in [0.2, 0.25) is 4.34 Å². The minimum Gasteiger partial charge on any atom is -0.315 e. The van der Waals surface area contributed by atoms with E-state index < -0.39 is 10.0 Å². The second kappa shape index (κ2) is 5.14. The minimum atomic E-state index is -3.66. The summed E-state index contributed by atoms with van der Waals surface area (Å²) in [6, 6.07) is 3.46. The smallest absolute Gasteiger partial charge is 0.305 e. The van der Waals surface area contributed by atoms with E-state index in [2.05, 4.69) is 9.71 Å². The Bertz CT molecular complexity index is 713. The van der Waals surface area contributed by atoms with E-state index in [1.807, 2.05) is 0 Å². The molecule has 5 nitrogen and oxygen atoms in total. The lowest BCUT2D eigenvalue weighted by Crippen LogP contribution is -2.22. The zero-order chi connectivity index (χ0) is 13.3. The maximum absolute atomic E-state index is 12.0. The van der Waals surface area contributed by atoms with Gasteiger partial charge in [-0.25, -0.2) is 13.1 Å². The number of sulfonamides is 1. The van der Waals surface area contributed by atoms with Crippen LogP contribution < -0.4 is 9.60 Å². The lowest BCUT2D eigenvalue weighted by atomic mass is 10.5. The van der Waals surface area contributed by atoms with Crippen molar-refractivity contribution in [3.8, 4) is 0 Å². The van der Waals surface area contributed by atoms with Gasteiger partial charge in [0.1, 0.15) is 0 Å². The number of aromatic amines is 1. The molecule has 0 saturated heterocycles. The van der Waals surface area contributed by atoms with Crippen LogP contribution in [0.15, 0.2) is 21.1 Å². The number of halogens is 1. The molecule has 0 spiro atoms. The molecule has 0 unspecified atom stereocenters. The molecule has 2 aromatic rings. The van der Waals surface area contributed by atoms with Crippen molar-refractivity contribution in [3.63, 3.8) is 0 Å². The number of hydrogen-bond donors (Lipinski definition) is 2. The third kappa shape index (κ3) is 3.01. The summed E-state index contributed by atoms with van der Waals surface area (Å²) in [6.45, 7) is 1.71. The Labute approximate surface area is 116 Å². The van der Waals surface area contributed by atoms with Gasteiger partial charge in [0.25, 0.3) is 10.0 Å². The average molecular weight is 325 g/mol. The average Bonchev–Trinajstić information content (AvgIpc) is 2.82. The second-order valence-electron chi connectivity index (χ2n) is 3.46. The van der Waals surface area contributed by atoms with Crippen LogP contribution in [0.25, 0.3) is 0 Å². The zero-order valence-corrected chi connectivity index (χ0v) is 12.4. The molecule has 0 aliphatic heterocycles. The fourth-order valence-electron chi connectivity index (χ4n) is 1.33. The van der Waals surface area contributed by atoms with Crippen LogP contribution in [-0.2, 0) is 16.6 Å². The van der Waals surface area contributed by atoms with Gasteiger partial charge >= 0.3 is 4.87 Å². The molecule has 2 heterocycles. The van der Waals surface area contributed by atoms with Crippen LogP contribution in [0.1, 0.15) is 10.6 Å². The third-order valence-electron chi connectivity index (χ3n) is 2.09. The van der Waals surface area contributed by atoms with Crippen LogP contribution in [0, 0.1) is 6.92 Å². The lowest BCUT2D eigenvalue weighted by molar-refractivity contribution is 0.583. The molecule has 0 fully saturated rings. The summed E-state index contributed by atoms with van der Waals surface area (Å²) in [4.78, 5) is 14.0. The first-order valence-corrected chi connectivity index (χ1v) is 8.31. The van der Waals surface area contributed by atoms with Crippen molar-refractivity contribution in [2.24, 2.45) is 0 Å². The first-order chi connectivity index (χ1) is 8.38. The maximum atomic E-state index is 12.0. The molecule has 18 heavy (non-hydrogen) atoms. The molecule has 0 saturated carbocycles. The summed E-state index contributed by atoms with van der Waals surface area (Å²) in [6.07, 6.45) is 0. The summed E-state index contributed by atoms with van der Waals surface area (Å²) in [5, 5.41) is 0. The van der Waals surface area contributed by atoms with Gasteiger partial charge in [-0.2, -0.15) is 0 Å². The Morgan fingerprint density at radius 3 is 2.61 bits per heavy atom. The van der Waals surface area contributed by atoms with Gasteiger partial charge in [0.15, 0.2) is 4.21 Å². The van der Waals surface area contributed by atoms with Gasteiger partial charge in [0, 0.05) is 17.1 Å². The SMILES string of the molecule is Cc1[nH]c(=O)sc1S(=O)(=O)NCc1ccc(Cl)s1. The molecular formula is C9H9ClN2O3S3. The molecule has 0 aliphatic carbocycles. The van der Waals surface area contributed by atoms with E-state index >= 15 is 0 Å². The van der Waals surface area contributed by atoms with Crippen molar-refractivity contribution < 1.29 is 8.42 Å². The summed E-state index contributed by atoms with van der Waals surface area (Å²) < 4.78 is 27.0. The summed E-state index contributed by atoms with van der Waals surface area (Å²) in [5.74, 6) is 0. The highest BCUT2D eigenvalue weighted by atomic mass is 35.5. The normalized spacial score (nSPS) is 11.9. The van der Waals surface area contributed by atoms with E-state index in [4.69, 9.17) is 11.6 Å². The predicted molar refractivity (Wildman–Crippen MR) is 73.0 cm³/mol. The van der Waals surface area contributed by atoms with Gasteiger partial charge in [-0.3, -0.25) is 4.79 Å². The van der Waals surface area contributed by atoms with E-state index in [0.717, 1.165) is 4.88 Å². The van der Waals surface area contributed by atoms with Crippen molar-refractivity contribution in [2.75, 3.05) is 0 Å². The maximum Gasteiger partial charge on any atom is 0.305 e. The third-order valence-corrected chi connectivity index (χ3v) is 6.33. The standard InChI is InChI=1S/C9H9ClN2O3S3/c1-5-8(17-9(13)12-5)18(14,15)11-4-6-2-3-7(10)16-6/h2-3,11H,4H2,1H3,(H,12,13). The van der Waals surface area contributed by atoms with Crippen LogP contribution in [0.3, 0.4) is 0 Å². The summed E-state index contributed by atoms with van der Waals surface area (Å²) in [7, 11) is -3.66. The highest BCUT2D eigenvalue weighted by Gasteiger charge is 2.20. The Balaban J connectivity index is 2.18. The Hall–Kier alpha value is -0.670. The fourth-order valence-corrected chi connectivity index (χ4v) is 4.79. The van der Waals surface area contributed by atoms with E-state index in [9.17, 15) is 13.2 Å². The van der Waals surface area contributed by atoms with Gasteiger partial charge in [0.05, 0.1) is 4.34 Å². The van der Waals surface area contributed by atoms with Crippen molar-refractivity contribution >= 4 is 44.3 Å². The number of nitrogens with one attached hydrogen (secondary N) is 2. The molecule has 0 bridgehead atoms. The van der Waals surface area contributed by atoms with Crippen LogP contribution in [-0.4, -0.2) is 13.4 Å². The Kier molecular flexibility index (Phi) is 3.93. The number of thiophene rings is 1. The molecule has 0 radical (unpaired) electrons. The van der Waals surface area contributed by atoms with E-state index in [1.54, 1.807) is 19.1 Å². The molecule has 0 aliphatic rings. The van der Waals surface area contributed by atoms with E-state index in [1.165, 1.54) is 11.3 Å². The monoisotopic (exact) mass is 324 g/mol. The van der Waals surface area contributed by atoms with Crippen molar-refractivity contribution in [3.05, 3.63) is 36.7 Å². The van der Waals surface area contributed by atoms with Crippen LogP contribution in [0.4, 0.5) is 0 Å². The Morgan fingerprint density at radius 2 is 2.11 bits per heavy atom. The van der Waals surface area contributed by atoms with Gasteiger partial charge in [-0.05, 0) is 19.1 Å². The van der Waals surface area contributed by atoms with Gasteiger partial charge in [-0.15, -0.1) is 11.3 Å². The molecule has 2 N–H and O–H groups in total. The molecule has 98 valence electrons. The zero-order valence-electron chi connectivity index (χ0n) is 9.19. The molecule has 0 amide bonds. The number of H-pyrrole nitrogens is 1. The molecular weight excluding hydrogens is 316 g/mol. The first kappa shape index (κ1) is 13.8. The minimum absolute atomic E-state index is 0.0233. The lowest BCUT2D eigenvalue weighted by Gasteiger charge is -2.03. The highest BCUT2D eigenvalue weighted by molar-refractivity contribution is 7.91. The first-order valence-electron chi connectivity index (χ1n) is 4.82.